The molecule has 0 aromatic heterocycles. The second-order valence-electron chi connectivity index (χ2n) is 4.45. The molecule has 1 aliphatic rings. The second kappa shape index (κ2) is 8.91. The van der Waals surface area contributed by atoms with Gasteiger partial charge >= 0.3 is 11.9 Å². The lowest BCUT2D eigenvalue weighted by atomic mass is 10.2. The molecule has 5 heteroatoms. The van der Waals surface area contributed by atoms with Gasteiger partial charge in [0.25, 0.3) is 0 Å². The van der Waals surface area contributed by atoms with Crippen molar-refractivity contribution in [3.8, 4) is 0 Å². The smallest absolute Gasteiger partial charge is 0.397 e. The Kier molecular flexibility index (Phi) is 7.41. The second-order valence-corrected chi connectivity index (χ2v) is 4.45. The van der Waals surface area contributed by atoms with Gasteiger partial charge < -0.3 is 14.4 Å². The predicted molar refractivity (Wildman–Crippen MR) is 67.1 cm³/mol. The van der Waals surface area contributed by atoms with Crippen LogP contribution in [0.15, 0.2) is 0 Å². The third-order valence-electron chi connectivity index (χ3n) is 2.95. The maximum Gasteiger partial charge on any atom is 0.397 e. The Morgan fingerprint density at radius 1 is 1.11 bits per heavy atom. The molecule has 0 saturated carbocycles. The Hall–Kier alpha value is -1.10. The van der Waals surface area contributed by atoms with Gasteiger partial charge in [0.05, 0.1) is 19.8 Å². The number of amides is 1. The Labute approximate surface area is 108 Å². The fourth-order valence-corrected chi connectivity index (χ4v) is 1.83. The third-order valence-corrected chi connectivity index (χ3v) is 2.95. The number of carbonyl (C=O) groups excluding carboxylic acids is 2. The van der Waals surface area contributed by atoms with Gasteiger partial charge in [-0.2, -0.15) is 0 Å². The molecule has 0 aliphatic carbocycles. The molecule has 1 saturated heterocycles. The topological polar surface area (TPSA) is 55.8 Å². The predicted octanol–water partition coefficient (Wildman–Crippen LogP) is 1.36. The van der Waals surface area contributed by atoms with Crippen molar-refractivity contribution in [3.05, 3.63) is 0 Å². The zero-order valence-electron chi connectivity index (χ0n) is 11.2. The highest BCUT2D eigenvalue weighted by molar-refractivity contribution is 6.32. The standard InChI is InChI=1S/C13H23NO4/c1-2-3-4-5-6-9-18-13(16)12(15)14-7-10-17-11-8-14/h2-11H2,1H3. The van der Waals surface area contributed by atoms with Gasteiger partial charge in [0.15, 0.2) is 0 Å². The molecule has 0 N–H and O–H groups in total. The zero-order chi connectivity index (χ0) is 13.2. The van der Waals surface area contributed by atoms with Crippen molar-refractivity contribution in [1.29, 1.82) is 0 Å². The van der Waals surface area contributed by atoms with Crippen LogP contribution in [0, 0.1) is 0 Å². The summed E-state index contributed by atoms with van der Waals surface area (Å²) in [7, 11) is 0. The molecule has 0 spiro atoms. The summed E-state index contributed by atoms with van der Waals surface area (Å²) in [5.41, 5.74) is 0. The summed E-state index contributed by atoms with van der Waals surface area (Å²) in [4.78, 5) is 24.6. The fraction of sp³-hybridized carbons (Fsp3) is 0.846. The van der Waals surface area contributed by atoms with Crippen molar-refractivity contribution >= 4 is 11.9 Å². The summed E-state index contributed by atoms with van der Waals surface area (Å²) in [5.74, 6) is -1.26. The van der Waals surface area contributed by atoms with Crippen LogP contribution < -0.4 is 0 Å². The van der Waals surface area contributed by atoms with E-state index in [9.17, 15) is 9.59 Å². The van der Waals surface area contributed by atoms with E-state index in [-0.39, 0.29) is 0 Å². The molecule has 0 atom stereocenters. The van der Waals surface area contributed by atoms with E-state index < -0.39 is 11.9 Å². The molecule has 1 rings (SSSR count). The van der Waals surface area contributed by atoms with Gasteiger partial charge in [-0.25, -0.2) is 4.79 Å². The number of morpholine rings is 1. The number of unbranched alkanes of at least 4 members (excludes halogenated alkanes) is 4. The van der Waals surface area contributed by atoms with Crippen LogP contribution in [0.3, 0.4) is 0 Å². The lowest BCUT2D eigenvalue weighted by molar-refractivity contribution is -0.162. The fourth-order valence-electron chi connectivity index (χ4n) is 1.83. The minimum absolute atomic E-state index is 0.346. The number of rotatable bonds is 6. The van der Waals surface area contributed by atoms with Crippen molar-refractivity contribution in [3.63, 3.8) is 0 Å². The quantitative estimate of drug-likeness (QED) is 0.409. The van der Waals surface area contributed by atoms with Gasteiger partial charge in [0, 0.05) is 13.1 Å². The molecule has 0 bridgehead atoms. The molecule has 1 aliphatic heterocycles. The normalized spacial score (nSPS) is 15.5. The molecular formula is C13H23NO4. The van der Waals surface area contributed by atoms with Crippen molar-refractivity contribution < 1.29 is 19.1 Å². The van der Waals surface area contributed by atoms with E-state index in [4.69, 9.17) is 9.47 Å². The van der Waals surface area contributed by atoms with Crippen LogP contribution in [0.5, 0.6) is 0 Å². The maximum absolute atomic E-state index is 11.7. The first-order valence-corrected chi connectivity index (χ1v) is 6.79. The lowest BCUT2D eigenvalue weighted by Crippen LogP contribution is -2.44. The number of hydrogen-bond acceptors (Lipinski definition) is 4. The average molecular weight is 257 g/mol. The van der Waals surface area contributed by atoms with E-state index in [0.717, 1.165) is 19.3 Å². The third kappa shape index (κ3) is 5.49. The molecule has 0 aromatic carbocycles. The summed E-state index contributed by atoms with van der Waals surface area (Å²) < 4.78 is 10.1. The number of hydrogen-bond donors (Lipinski definition) is 0. The minimum atomic E-state index is -0.729. The summed E-state index contributed by atoms with van der Waals surface area (Å²) in [6.45, 7) is 4.45. The largest absolute Gasteiger partial charge is 0.459 e. The van der Waals surface area contributed by atoms with Crippen LogP contribution in [0.2, 0.25) is 0 Å². The van der Waals surface area contributed by atoms with Crippen molar-refractivity contribution in [2.75, 3.05) is 32.9 Å². The van der Waals surface area contributed by atoms with Crippen molar-refractivity contribution in [2.24, 2.45) is 0 Å². The summed E-state index contributed by atoms with van der Waals surface area (Å²) in [6, 6.07) is 0. The highest BCUT2D eigenvalue weighted by Crippen LogP contribution is 2.03. The van der Waals surface area contributed by atoms with Crippen molar-refractivity contribution in [1.82, 2.24) is 4.90 Å². The van der Waals surface area contributed by atoms with Gasteiger partial charge in [0.1, 0.15) is 0 Å². The first-order chi connectivity index (χ1) is 8.75. The molecule has 0 unspecified atom stereocenters. The summed E-state index contributed by atoms with van der Waals surface area (Å²) in [6.07, 6.45) is 5.44. The molecule has 1 amide bonds. The van der Waals surface area contributed by atoms with Crippen LogP contribution in [-0.2, 0) is 19.1 Å². The van der Waals surface area contributed by atoms with Crippen LogP contribution in [0.4, 0.5) is 0 Å². The first-order valence-electron chi connectivity index (χ1n) is 6.79. The van der Waals surface area contributed by atoms with Gasteiger partial charge in [0.2, 0.25) is 0 Å². The molecule has 0 aromatic rings. The van der Waals surface area contributed by atoms with Gasteiger partial charge in [-0.1, -0.05) is 32.6 Å². The van der Waals surface area contributed by atoms with E-state index in [1.54, 1.807) is 0 Å². The molecule has 104 valence electrons. The summed E-state index contributed by atoms with van der Waals surface area (Å²) >= 11 is 0. The Bertz CT molecular complexity index is 262. The Balaban J connectivity index is 2.09. The highest BCUT2D eigenvalue weighted by Gasteiger charge is 2.24. The first kappa shape index (κ1) is 15.0. The molecular weight excluding hydrogens is 234 g/mol. The van der Waals surface area contributed by atoms with Gasteiger partial charge in [-0.15, -0.1) is 0 Å². The van der Waals surface area contributed by atoms with Crippen LogP contribution in [-0.4, -0.2) is 49.7 Å². The zero-order valence-corrected chi connectivity index (χ0v) is 11.2. The van der Waals surface area contributed by atoms with E-state index in [0.29, 0.717) is 32.9 Å². The number of carbonyl (C=O) groups is 2. The van der Waals surface area contributed by atoms with E-state index in [2.05, 4.69) is 6.92 Å². The molecule has 18 heavy (non-hydrogen) atoms. The van der Waals surface area contributed by atoms with Gasteiger partial charge in [-0.05, 0) is 6.42 Å². The number of nitrogens with zero attached hydrogens (tertiary/aromatic N) is 1. The van der Waals surface area contributed by atoms with Crippen LogP contribution in [0.25, 0.3) is 0 Å². The molecule has 0 radical (unpaired) electrons. The van der Waals surface area contributed by atoms with Crippen LogP contribution >= 0.6 is 0 Å². The average Bonchev–Trinajstić information content (AvgIpc) is 2.42. The number of ether oxygens (including phenoxy) is 2. The van der Waals surface area contributed by atoms with Crippen LogP contribution in [0.1, 0.15) is 39.0 Å². The van der Waals surface area contributed by atoms with E-state index >= 15 is 0 Å². The number of esters is 1. The highest BCUT2D eigenvalue weighted by atomic mass is 16.5. The Morgan fingerprint density at radius 2 is 1.78 bits per heavy atom. The monoisotopic (exact) mass is 257 g/mol. The SMILES string of the molecule is CCCCCCCOC(=O)C(=O)N1CCOCC1. The maximum atomic E-state index is 11.7. The van der Waals surface area contributed by atoms with Gasteiger partial charge in [-0.3, -0.25) is 4.79 Å². The molecule has 1 fully saturated rings. The van der Waals surface area contributed by atoms with E-state index in [1.165, 1.54) is 17.7 Å². The minimum Gasteiger partial charge on any atom is -0.459 e. The lowest BCUT2D eigenvalue weighted by Gasteiger charge is -2.25. The molecule has 5 nitrogen and oxygen atoms in total. The van der Waals surface area contributed by atoms with E-state index in [1.807, 2.05) is 0 Å². The van der Waals surface area contributed by atoms with Crippen molar-refractivity contribution in [2.45, 2.75) is 39.0 Å². The molecule has 1 heterocycles. The summed E-state index contributed by atoms with van der Waals surface area (Å²) in [5, 5.41) is 0. The Morgan fingerprint density at radius 3 is 2.44 bits per heavy atom.